The highest BCUT2D eigenvalue weighted by atomic mass is 16.1. The van der Waals surface area contributed by atoms with Crippen LogP contribution in [-0.4, -0.2) is 54.4 Å². The molecule has 4 heterocycles. The molecule has 0 saturated carbocycles. The molecule has 0 bridgehead atoms. The van der Waals surface area contributed by atoms with Crippen molar-refractivity contribution >= 4 is 16.7 Å². The third-order valence-electron chi connectivity index (χ3n) is 7.30. The van der Waals surface area contributed by atoms with Gasteiger partial charge in [-0.3, -0.25) is 24.3 Å². The monoisotopic (exact) mass is 462 g/mol. The molecule has 1 fully saturated rings. The van der Waals surface area contributed by atoms with Crippen LogP contribution in [0.25, 0.3) is 11.0 Å². The lowest BCUT2D eigenvalue weighted by Crippen LogP contribution is -2.59. The summed E-state index contributed by atoms with van der Waals surface area (Å²) < 4.78 is 3.22. The van der Waals surface area contributed by atoms with Crippen LogP contribution < -0.4 is 10.5 Å². The van der Waals surface area contributed by atoms with E-state index < -0.39 is 0 Å². The van der Waals surface area contributed by atoms with Gasteiger partial charge >= 0.3 is 0 Å². The minimum Gasteiger partial charge on any atom is -0.364 e. The zero-order chi connectivity index (χ0) is 24.6. The fraction of sp³-hybridized carbons (Fsp3) is 0.560. The standard InChI is InChI=1S/C25H34N8O/c1-7-19-14-33(22-11-24(34)30(6)23-15-31(10-9-26)29-25(22)23)20(8-2)13-32(19)18(5)21-12-27-16(3)17(4)28-21/h11-12,15,18-20H,7-8,10,13-14H2,1-6H3/t18-,19+,20-/m0/s1. The second-order valence-electron chi connectivity index (χ2n) is 9.26. The molecule has 1 saturated heterocycles. The summed E-state index contributed by atoms with van der Waals surface area (Å²) in [5.41, 5.74) is 5.25. The molecular weight excluding hydrogens is 428 g/mol. The van der Waals surface area contributed by atoms with E-state index in [1.807, 2.05) is 20.0 Å². The highest BCUT2D eigenvalue weighted by Gasteiger charge is 2.36. The molecule has 0 aromatic carbocycles. The fourth-order valence-electron chi connectivity index (χ4n) is 5.00. The minimum atomic E-state index is -0.0666. The highest BCUT2D eigenvalue weighted by molar-refractivity contribution is 5.88. The van der Waals surface area contributed by atoms with Gasteiger partial charge in [-0.1, -0.05) is 13.8 Å². The van der Waals surface area contributed by atoms with Gasteiger partial charge < -0.3 is 9.47 Å². The van der Waals surface area contributed by atoms with E-state index in [0.717, 1.165) is 59.7 Å². The van der Waals surface area contributed by atoms with Crippen molar-refractivity contribution in [2.24, 2.45) is 7.05 Å². The largest absolute Gasteiger partial charge is 0.364 e. The van der Waals surface area contributed by atoms with Gasteiger partial charge in [0.25, 0.3) is 5.56 Å². The van der Waals surface area contributed by atoms with E-state index in [-0.39, 0.29) is 24.2 Å². The van der Waals surface area contributed by atoms with Gasteiger partial charge in [-0.25, -0.2) is 0 Å². The number of hydrogen-bond acceptors (Lipinski definition) is 7. The molecule has 0 unspecified atom stereocenters. The molecule has 1 aliphatic heterocycles. The Hall–Kier alpha value is -3.25. The molecule has 0 N–H and O–H groups in total. The smallest absolute Gasteiger partial charge is 0.252 e. The Morgan fingerprint density at radius 3 is 2.56 bits per heavy atom. The molecule has 9 heteroatoms. The SMILES string of the molecule is CC[C@H]1CN([C@@H](C)c2cnc(C)c(C)n2)[C@H](CC)CN1c1cc(=O)n(C)c2cn(CC#N)nc12. The van der Waals surface area contributed by atoms with E-state index in [9.17, 15) is 4.79 Å². The van der Waals surface area contributed by atoms with Crippen molar-refractivity contribution in [1.29, 1.82) is 5.26 Å². The first-order valence-corrected chi connectivity index (χ1v) is 12.1. The number of aromatic nitrogens is 5. The van der Waals surface area contributed by atoms with Crippen molar-refractivity contribution in [2.75, 3.05) is 18.0 Å². The predicted octanol–water partition coefficient (Wildman–Crippen LogP) is 3.11. The average molecular weight is 463 g/mol. The van der Waals surface area contributed by atoms with Crippen LogP contribution in [0.1, 0.15) is 56.7 Å². The topological polar surface area (TPSA) is 95.9 Å². The van der Waals surface area contributed by atoms with Gasteiger partial charge in [0.1, 0.15) is 12.1 Å². The number of fused-ring (bicyclic) bond motifs is 1. The predicted molar refractivity (Wildman–Crippen MR) is 133 cm³/mol. The van der Waals surface area contributed by atoms with E-state index in [2.05, 4.69) is 46.7 Å². The Kier molecular flexibility index (Phi) is 6.71. The Labute approximate surface area is 200 Å². The Morgan fingerprint density at radius 2 is 1.91 bits per heavy atom. The number of anilines is 1. The summed E-state index contributed by atoms with van der Waals surface area (Å²) in [4.78, 5) is 27.1. The first kappa shape index (κ1) is 23.9. The van der Waals surface area contributed by atoms with Crippen LogP contribution in [0.3, 0.4) is 0 Å². The summed E-state index contributed by atoms with van der Waals surface area (Å²) in [7, 11) is 1.75. The molecule has 3 aromatic rings. The van der Waals surface area contributed by atoms with Crippen LogP contribution >= 0.6 is 0 Å². The maximum Gasteiger partial charge on any atom is 0.252 e. The van der Waals surface area contributed by atoms with Gasteiger partial charge in [0.05, 0.1) is 52.8 Å². The molecule has 34 heavy (non-hydrogen) atoms. The van der Waals surface area contributed by atoms with Crippen LogP contribution in [-0.2, 0) is 13.6 Å². The molecule has 0 spiro atoms. The third-order valence-corrected chi connectivity index (χ3v) is 7.30. The minimum absolute atomic E-state index is 0.0666. The summed E-state index contributed by atoms with van der Waals surface area (Å²) in [5, 5.41) is 13.8. The molecule has 3 aromatic heterocycles. The molecule has 3 atom stereocenters. The lowest BCUT2D eigenvalue weighted by Gasteiger charge is -2.49. The van der Waals surface area contributed by atoms with Gasteiger partial charge in [-0.2, -0.15) is 10.4 Å². The zero-order valence-electron chi connectivity index (χ0n) is 21.0. The molecule has 1 aliphatic rings. The molecule has 0 radical (unpaired) electrons. The molecule has 9 nitrogen and oxygen atoms in total. The van der Waals surface area contributed by atoms with Crippen LogP contribution in [0.2, 0.25) is 0 Å². The zero-order valence-corrected chi connectivity index (χ0v) is 21.0. The van der Waals surface area contributed by atoms with E-state index in [0.29, 0.717) is 6.04 Å². The third kappa shape index (κ3) is 4.18. The van der Waals surface area contributed by atoms with Crippen molar-refractivity contribution in [2.45, 2.75) is 72.1 Å². The summed E-state index contributed by atoms with van der Waals surface area (Å²) in [6.45, 7) is 12.4. The second kappa shape index (κ2) is 9.55. The van der Waals surface area contributed by atoms with Crippen molar-refractivity contribution < 1.29 is 0 Å². The van der Waals surface area contributed by atoms with Crippen LogP contribution in [0.5, 0.6) is 0 Å². The Balaban J connectivity index is 1.72. The first-order chi connectivity index (χ1) is 16.3. The number of rotatable bonds is 6. The molecule has 0 aliphatic carbocycles. The van der Waals surface area contributed by atoms with Gasteiger partial charge in [0.2, 0.25) is 0 Å². The van der Waals surface area contributed by atoms with E-state index in [1.54, 1.807) is 28.6 Å². The molecular formula is C25H34N8O. The van der Waals surface area contributed by atoms with Crippen molar-refractivity contribution in [1.82, 2.24) is 29.2 Å². The number of hydrogen-bond donors (Lipinski definition) is 0. The normalized spacial score (nSPS) is 20.0. The van der Waals surface area contributed by atoms with E-state index >= 15 is 0 Å². The number of nitrogens with zero attached hydrogens (tertiary/aromatic N) is 8. The quantitative estimate of drug-likeness (QED) is 0.555. The second-order valence-corrected chi connectivity index (χ2v) is 9.26. The van der Waals surface area contributed by atoms with Crippen molar-refractivity contribution in [3.05, 3.63) is 45.9 Å². The fourth-order valence-corrected chi connectivity index (χ4v) is 5.00. The number of aryl methyl sites for hydroxylation is 3. The van der Waals surface area contributed by atoms with Crippen LogP contribution in [0.4, 0.5) is 5.69 Å². The van der Waals surface area contributed by atoms with Gasteiger partial charge in [0.15, 0.2) is 0 Å². The average Bonchev–Trinajstić information content (AvgIpc) is 3.26. The summed E-state index contributed by atoms with van der Waals surface area (Å²) in [6.07, 6.45) is 5.61. The highest BCUT2D eigenvalue weighted by Crippen LogP contribution is 2.34. The lowest BCUT2D eigenvalue weighted by atomic mass is 9.98. The Bertz CT molecular complexity index is 1290. The number of nitriles is 1. The number of pyridine rings is 1. The number of piperazine rings is 1. The molecule has 4 rings (SSSR count). The van der Waals surface area contributed by atoms with E-state index in [4.69, 9.17) is 10.2 Å². The summed E-state index contributed by atoms with van der Waals surface area (Å²) in [6, 6.07) is 4.50. The summed E-state index contributed by atoms with van der Waals surface area (Å²) in [5.74, 6) is 0. The van der Waals surface area contributed by atoms with Gasteiger partial charge in [0, 0.05) is 38.3 Å². The Morgan fingerprint density at radius 1 is 1.18 bits per heavy atom. The first-order valence-electron chi connectivity index (χ1n) is 12.1. The van der Waals surface area contributed by atoms with Crippen molar-refractivity contribution in [3.63, 3.8) is 0 Å². The molecule has 180 valence electrons. The van der Waals surface area contributed by atoms with Crippen LogP contribution in [0.15, 0.2) is 23.3 Å². The van der Waals surface area contributed by atoms with Gasteiger partial charge in [-0.15, -0.1) is 0 Å². The van der Waals surface area contributed by atoms with Crippen LogP contribution in [0, 0.1) is 25.2 Å². The summed E-state index contributed by atoms with van der Waals surface area (Å²) >= 11 is 0. The van der Waals surface area contributed by atoms with E-state index in [1.165, 1.54) is 0 Å². The molecule has 0 amide bonds. The van der Waals surface area contributed by atoms with Crippen molar-refractivity contribution in [3.8, 4) is 6.07 Å². The maximum absolute atomic E-state index is 12.8. The lowest BCUT2D eigenvalue weighted by molar-refractivity contribution is 0.0988. The van der Waals surface area contributed by atoms with Gasteiger partial charge in [-0.05, 0) is 33.6 Å². The maximum atomic E-state index is 12.8.